The van der Waals surface area contributed by atoms with Crippen molar-refractivity contribution in [1.29, 1.82) is 0 Å². The van der Waals surface area contributed by atoms with Crippen molar-refractivity contribution >= 4 is 11.9 Å². The molecule has 0 aliphatic heterocycles. The van der Waals surface area contributed by atoms with E-state index in [0.717, 1.165) is 25.2 Å². The van der Waals surface area contributed by atoms with Crippen molar-refractivity contribution < 1.29 is 4.79 Å². The van der Waals surface area contributed by atoms with Gasteiger partial charge in [0.25, 0.3) is 5.91 Å². The van der Waals surface area contributed by atoms with Gasteiger partial charge in [0.15, 0.2) is 0 Å². The van der Waals surface area contributed by atoms with E-state index in [1.165, 1.54) is 0 Å². The zero-order valence-corrected chi connectivity index (χ0v) is 11.7. The highest BCUT2D eigenvalue weighted by Crippen LogP contribution is 2.10. The molecule has 0 aliphatic carbocycles. The highest BCUT2D eigenvalue weighted by molar-refractivity contribution is 5.92. The molecule has 5 nitrogen and oxygen atoms in total. The number of hydrogen-bond donors (Lipinski definition) is 1. The molecule has 1 amide bonds. The topological polar surface area (TPSA) is 58.1 Å². The molecular formula is C13H22N4O. The standard InChI is InChI=1S/C13H22N4O/c1-5-8-14-12(18)11-9-10(4)15-13(16-11)17(6-2)7-3/h9H,5-8H2,1-4H3,(H,14,18). The van der Waals surface area contributed by atoms with Crippen LogP contribution >= 0.6 is 0 Å². The van der Waals surface area contributed by atoms with Crippen molar-refractivity contribution in [2.24, 2.45) is 0 Å². The first kappa shape index (κ1) is 14.4. The van der Waals surface area contributed by atoms with Gasteiger partial charge in [0.2, 0.25) is 5.95 Å². The lowest BCUT2D eigenvalue weighted by atomic mass is 10.3. The molecule has 0 radical (unpaired) electrons. The number of carbonyl (C=O) groups is 1. The summed E-state index contributed by atoms with van der Waals surface area (Å²) in [7, 11) is 0. The fraction of sp³-hybridized carbons (Fsp3) is 0.615. The second kappa shape index (κ2) is 6.93. The molecule has 0 atom stereocenters. The predicted molar refractivity (Wildman–Crippen MR) is 73.0 cm³/mol. The van der Waals surface area contributed by atoms with Crippen LogP contribution in [-0.4, -0.2) is 35.5 Å². The van der Waals surface area contributed by atoms with Gasteiger partial charge in [-0.1, -0.05) is 6.92 Å². The van der Waals surface area contributed by atoms with Gasteiger partial charge in [-0.2, -0.15) is 0 Å². The van der Waals surface area contributed by atoms with Gasteiger partial charge in [-0.3, -0.25) is 4.79 Å². The zero-order chi connectivity index (χ0) is 13.5. The van der Waals surface area contributed by atoms with Gasteiger partial charge in [0.1, 0.15) is 5.69 Å². The second-order valence-corrected chi connectivity index (χ2v) is 4.12. The summed E-state index contributed by atoms with van der Waals surface area (Å²) in [6.07, 6.45) is 0.915. The molecule has 1 aromatic heterocycles. The van der Waals surface area contributed by atoms with E-state index in [2.05, 4.69) is 15.3 Å². The van der Waals surface area contributed by atoms with E-state index >= 15 is 0 Å². The SMILES string of the molecule is CCCNC(=O)c1cc(C)nc(N(CC)CC)n1. The minimum Gasteiger partial charge on any atom is -0.351 e. The molecule has 0 spiro atoms. The fourth-order valence-corrected chi connectivity index (χ4v) is 1.65. The lowest BCUT2D eigenvalue weighted by Gasteiger charge is -2.19. The minimum absolute atomic E-state index is 0.129. The number of aryl methyl sites for hydroxylation is 1. The number of hydrogen-bond acceptors (Lipinski definition) is 4. The van der Waals surface area contributed by atoms with Gasteiger partial charge in [0.05, 0.1) is 0 Å². The normalized spacial score (nSPS) is 10.2. The van der Waals surface area contributed by atoms with Gasteiger partial charge in [-0.25, -0.2) is 9.97 Å². The molecule has 1 rings (SSSR count). The van der Waals surface area contributed by atoms with Crippen LogP contribution in [0.1, 0.15) is 43.4 Å². The van der Waals surface area contributed by atoms with Gasteiger partial charge >= 0.3 is 0 Å². The van der Waals surface area contributed by atoms with Gasteiger partial charge < -0.3 is 10.2 Å². The molecule has 1 N–H and O–H groups in total. The van der Waals surface area contributed by atoms with Crippen molar-refractivity contribution in [1.82, 2.24) is 15.3 Å². The van der Waals surface area contributed by atoms with Crippen molar-refractivity contribution in [2.75, 3.05) is 24.5 Å². The Morgan fingerprint density at radius 3 is 2.50 bits per heavy atom. The maximum Gasteiger partial charge on any atom is 0.270 e. The third-order valence-corrected chi connectivity index (χ3v) is 2.66. The van der Waals surface area contributed by atoms with Crippen LogP contribution in [0, 0.1) is 6.92 Å². The Morgan fingerprint density at radius 2 is 1.94 bits per heavy atom. The summed E-state index contributed by atoms with van der Waals surface area (Å²) in [4.78, 5) is 22.6. The van der Waals surface area contributed by atoms with Crippen LogP contribution in [0.3, 0.4) is 0 Å². The van der Waals surface area contributed by atoms with Crippen molar-refractivity contribution in [2.45, 2.75) is 34.1 Å². The summed E-state index contributed by atoms with van der Waals surface area (Å²) in [5.41, 5.74) is 1.26. The third kappa shape index (κ3) is 3.68. The van der Waals surface area contributed by atoms with Crippen molar-refractivity contribution in [3.63, 3.8) is 0 Å². The molecule has 0 saturated carbocycles. The number of amides is 1. The lowest BCUT2D eigenvalue weighted by Crippen LogP contribution is -2.28. The molecule has 0 saturated heterocycles. The van der Waals surface area contributed by atoms with Gasteiger partial charge in [0, 0.05) is 25.3 Å². The van der Waals surface area contributed by atoms with E-state index in [4.69, 9.17) is 0 Å². The van der Waals surface area contributed by atoms with E-state index in [0.29, 0.717) is 18.2 Å². The largest absolute Gasteiger partial charge is 0.351 e. The molecule has 0 aromatic carbocycles. The minimum atomic E-state index is -0.129. The Labute approximate surface area is 109 Å². The first-order chi connectivity index (χ1) is 8.62. The Hall–Kier alpha value is -1.65. The van der Waals surface area contributed by atoms with Gasteiger partial charge in [-0.15, -0.1) is 0 Å². The van der Waals surface area contributed by atoms with Crippen LogP contribution in [0.25, 0.3) is 0 Å². The average Bonchev–Trinajstić information content (AvgIpc) is 2.36. The van der Waals surface area contributed by atoms with Crippen molar-refractivity contribution in [3.8, 4) is 0 Å². The highest BCUT2D eigenvalue weighted by Gasteiger charge is 2.12. The Balaban J connectivity index is 2.96. The number of nitrogens with one attached hydrogen (secondary N) is 1. The Morgan fingerprint density at radius 1 is 1.28 bits per heavy atom. The molecule has 0 fully saturated rings. The molecule has 100 valence electrons. The Bertz CT molecular complexity index is 402. The number of carbonyl (C=O) groups excluding carboxylic acids is 1. The molecule has 18 heavy (non-hydrogen) atoms. The van der Waals surface area contributed by atoms with E-state index < -0.39 is 0 Å². The summed E-state index contributed by atoms with van der Waals surface area (Å²) in [5.74, 6) is 0.498. The summed E-state index contributed by atoms with van der Waals surface area (Å²) < 4.78 is 0. The van der Waals surface area contributed by atoms with E-state index in [9.17, 15) is 4.79 Å². The summed E-state index contributed by atoms with van der Waals surface area (Å²) in [5, 5.41) is 2.83. The predicted octanol–water partition coefficient (Wildman–Crippen LogP) is 1.77. The third-order valence-electron chi connectivity index (χ3n) is 2.66. The first-order valence-electron chi connectivity index (χ1n) is 6.51. The number of anilines is 1. The smallest absolute Gasteiger partial charge is 0.270 e. The summed E-state index contributed by atoms with van der Waals surface area (Å²) in [6.45, 7) is 10.3. The highest BCUT2D eigenvalue weighted by atomic mass is 16.1. The van der Waals surface area contributed by atoms with Gasteiger partial charge in [-0.05, 0) is 33.3 Å². The first-order valence-corrected chi connectivity index (χ1v) is 6.51. The average molecular weight is 250 g/mol. The van der Waals surface area contributed by atoms with E-state index in [1.54, 1.807) is 6.07 Å². The number of aromatic nitrogens is 2. The fourth-order valence-electron chi connectivity index (χ4n) is 1.65. The van der Waals surface area contributed by atoms with Crippen molar-refractivity contribution in [3.05, 3.63) is 17.5 Å². The van der Waals surface area contributed by atoms with Crippen LogP contribution in [0.15, 0.2) is 6.07 Å². The quantitative estimate of drug-likeness (QED) is 0.836. The summed E-state index contributed by atoms with van der Waals surface area (Å²) >= 11 is 0. The zero-order valence-electron chi connectivity index (χ0n) is 11.7. The second-order valence-electron chi connectivity index (χ2n) is 4.12. The number of nitrogens with zero attached hydrogens (tertiary/aromatic N) is 3. The Kier molecular flexibility index (Phi) is 5.55. The monoisotopic (exact) mass is 250 g/mol. The molecule has 1 heterocycles. The van der Waals surface area contributed by atoms with Crippen LogP contribution < -0.4 is 10.2 Å². The maximum atomic E-state index is 11.9. The summed E-state index contributed by atoms with van der Waals surface area (Å²) in [6, 6.07) is 1.72. The molecule has 0 aliphatic rings. The van der Waals surface area contributed by atoms with Crippen LogP contribution in [0.5, 0.6) is 0 Å². The molecule has 1 aromatic rings. The van der Waals surface area contributed by atoms with Crippen LogP contribution in [0.4, 0.5) is 5.95 Å². The number of rotatable bonds is 6. The van der Waals surface area contributed by atoms with E-state index in [-0.39, 0.29) is 5.91 Å². The van der Waals surface area contributed by atoms with Crippen LogP contribution in [-0.2, 0) is 0 Å². The molecule has 0 unspecified atom stereocenters. The maximum absolute atomic E-state index is 11.9. The molecular weight excluding hydrogens is 228 g/mol. The van der Waals surface area contributed by atoms with E-state index in [1.807, 2.05) is 32.6 Å². The lowest BCUT2D eigenvalue weighted by molar-refractivity contribution is 0.0948. The molecule has 5 heteroatoms. The molecule has 0 bridgehead atoms. The van der Waals surface area contributed by atoms with Crippen LogP contribution in [0.2, 0.25) is 0 Å².